The van der Waals surface area contributed by atoms with Gasteiger partial charge in [-0.1, -0.05) is 39.0 Å². The van der Waals surface area contributed by atoms with Crippen molar-refractivity contribution in [3.8, 4) is 0 Å². The number of hydrogen-bond donors (Lipinski definition) is 2. The molecule has 4 nitrogen and oxygen atoms in total. The molecule has 1 saturated carbocycles. The van der Waals surface area contributed by atoms with Crippen LogP contribution in [0.15, 0.2) is 0 Å². The quantitative estimate of drug-likeness (QED) is 0.540. The van der Waals surface area contributed by atoms with Crippen molar-refractivity contribution in [2.24, 2.45) is 5.73 Å². The lowest BCUT2D eigenvalue weighted by Gasteiger charge is -2.27. The number of rotatable bonds is 7. The zero-order valence-electron chi connectivity index (χ0n) is 11.7. The second-order valence-electron chi connectivity index (χ2n) is 5.47. The first-order valence-electron chi connectivity index (χ1n) is 7.30. The molecule has 1 amide bonds. The van der Waals surface area contributed by atoms with Gasteiger partial charge in [-0.25, -0.2) is 0 Å². The van der Waals surface area contributed by atoms with Crippen LogP contribution in [0.4, 0.5) is 0 Å². The summed E-state index contributed by atoms with van der Waals surface area (Å²) in [5.74, 6) is -0.0272. The first-order chi connectivity index (χ1) is 8.66. The van der Waals surface area contributed by atoms with Crippen LogP contribution in [0, 0.1) is 0 Å². The largest absolute Gasteiger partial charge is 0.370 e. The number of hydrogen-bond acceptors (Lipinski definition) is 3. The molecule has 18 heavy (non-hydrogen) atoms. The number of carbonyl (C=O) groups excluding carboxylic acids is 1. The number of nitrogens with one attached hydrogen (secondary N) is 1. The van der Waals surface area contributed by atoms with Crippen molar-refractivity contribution in [3.05, 3.63) is 0 Å². The summed E-state index contributed by atoms with van der Waals surface area (Å²) in [5.41, 5.74) is 6.10. The second-order valence-corrected chi connectivity index (χ2v) is 5.47. The van der Waals surface area contributed by atoms with E-state index < -0.39 is 0 Å². The summed E-state index contributed by atoms with van der Waals surface area (Å²) in [6, 6.07) is 0. The van der Waals surface area contributed by atoms with E-state index in [1.165, 1.54) is 25.7 Å². The first kappa shape index (κ1) is 15.4. The van der Waals surface area contributed by atoms with E-state index in [2.05, 4.69) is 12.2 Å². The molecular weight excluding hydrogens is 228 g/mol. The molecule has 0 aromatic heterocycles. The van der Waals surface area contributed by atoms with Gasteiger partial charge in [0, 0.05) is 12.1 Å². The standard InChI is InChI=1S/C14H28N2O2/c1-2-3-10-16-13(17)11-18-12-14(15)8-6-4-5-7-9-14/h2-12,15H2,1H3,(H,16,17). The smallest absolute Gasteiger partial charge is 0.245 e. The van der Waals surface area contributed by atoms with Gasteiger partial charge in [0.05, 0.1) is 6.61 Å². The number of unbranched alkanes of at least 4 members (excludes halogenated alkanes) is 1. The highest BCUT2D eigenvalue weighted by molar-refractivity contribution is 5.77. The van der Waals surface area contributed by atoms with Crippen LogP contribution in [-0.2, 0) is 9.53 Å². The number of ether oxygens (including phenoxy) is 1. The third-order valence-corrected chi connectivity index (χ3v) is 3.57. The van der Waals surface area contributed by atoms with Gasteiger partial charge in [-0.05, 0) is 19.3 Å². The number of carbonyl (C=O) groups is 1. The van der Waals surface area contributed by atoms with E-state index in [9.17, 15) is 4.79 Å². The van der Waals surface area contributed by atoms with Gasteiger partial charge in [0.1, 0.15) is 6.61 Å². The molecule has 1 rings (SSSR count). The van der Waals surface area contributed by atoms with Crippen LogP contribution < -0.4 is 11.1 Å². The van der Waals surface area contributed by atoms with Crippen molar-refractivity contribution >= 4 is 5.91 Å². The molecule has 106 valence electrons. The first-order valence-corrected chi connectivity index (χ1v) is 7.30. The van der Waals surface area contributed by atoms with Gasteiger partial charge in [-0.15, -0.1) is 0 Å². The molecule has 0 aromatic carbocycles. The molecule has 3 N–H and O–H groups in total. The van der Waals surface area contributed by atoms with Gasteiger partial charge in [-0.3, -0.25) is 4.79 Å². The molecule has 0 atom stereocenters. The molecule has 4 heteroatoms. The Labute approximate surface area is 111 Å². The van der Waals surface area contributed by atoms with E-state index in [-0.39, 0.29) is 18.1 Å². The van der Waals surface area contributed by atoms with E-state index in [0.29, 0.717) is 6.61 Å². The normalized spacial score (nSPS) is 19.2. The van der Waals surface area contributed by atoms with E-state index in [0.717, 1.165) is 32.2 Å². The van der Waals surface area contributed by atoms with Crippen molar-refractivity contribution in [2.45, 2.75) is 63.8 Å². The second kappa shape index (κ2) is 8.48. The van der Waals surface area contributed by atoms with Gasteiger partial charge in [0.2, 0.25) is 5.91 Å². The molecule has 1 fully saturated rings. The molecule has 1 aliphatic carbocycles. The number of amides is 1. The highest BCUT2D eigenvalue weighted by Gasteiger charge is 2.26. The van der Waals surface area contributed by atoms with Crippen molar-refractivity contribution in [3.63, 3.8) is 0 Å². The van der Waals surface area contributed by atoms with Crippen molar-refractivity contribution in [2.75, 3.05) is 19.8 Å². The van der Waals surface area contributed by atoms with Crippen molar-refractivity contribution < 1.29 is 9.53 Å². The van der Waals surface area contributed by atoms with Crippen LogP contribution in [0.3, 0.4) is 0 Å². The fourth-order valence-corrected chi connectivity index (χ4v) is 2.38. The van der Waals surface area contributed by atoms with Gasteiger partial charge in [0.25, 0.3) is 0 Å². The van der Waals surface area contributed by atoms with E-state index in [4.69, 9.17) is 10.5 Å². The highest BCUT2D eigenvalue weighted by Crippen LogP contribution is 2.25. The Hall–Kier alpha value is -0.610. The predicted octanol–water partition coefficient (Wildman–Crippen LogP) is 1.97. The lowest BCUT2D eigenvalue weighted by atomic mass is 9.93. The minimum atomic E-state index is -0.208. The SMILES string of the molecule is CCCCNC(=O)COCC1(N)CCCCCC1. The fraction of sp³-hybridized carbons (Fsp3) is 0.929. The maximum absolute atomic E-state index is 11.5. The van der Waals surface area contributed by atoms with Crippen LogP contribution in [0.1, 0.15) is 58.3 Å². The maximum atomic E-state index is 11.5. The Kier molecular flexibility index (Phi) is 7.28. The third-order valence-electron chi connectivity index (χ3n) is 3.57. The minimum absolute atomic E-state index is 0.0272. The Bertz CT molecular complexity index is 236. The maximum Gasteiger partial charge on any atom is 0.245 e. The van der Waals surface area contributed by atoms with Crippen LogP contribution in [0.2, 0.25) is 0 Å². The Morgan fingerprint density at radius 3 is 2.56 bits per heavy atom. The van der Waals surface area contributed by atoms with E-state index in [1.807, 2.05) is 0 Å². The summed E-state index contributed by atoms with van der Waals surface area (Å²) in [6.45, 7) is 3.50. The molecule has 0 saturated heterocycles. The predicted molar refractivity (Wildman–Crippen MR) is 73.4 cm³/mol. The summed E-state index contributed by atoms with van der Waals surface area (Å²) in [5, 5.41) is 2.84. The molecular formula is C14H28N2O2. The third kappa shape index (κ3) is 6.36. The summed E-state index contributed by atoms with van der Waals surface area (Å²) < 4.78 is 5.49. The van der Waals surface area contributed by atoms with Crippen molar-refractivity contribution in [1.82, 2.24) is 5.32 Å². The Balaban J connectivity index is 2.13. The zero-order valence-corrected chi connectivity index (χ0v) is 11.7. The van der Waals surface area contributed by atoms with Crippen LogP contribution in [0.5, 0.6) is 0 Å². The van der Waals surface area contributed by atoms with Gasteiger partial charge >= 0.3 is 0 Å². The fourth-order valence-electron chi connectivity index (χ4n) is 2.38. The molecule has 0 unspecified atom stereocenters. The number of nitrogens with two attached hydrogens (primary N) is 1. The van der Waals surface area contributed by atoms with E-state index >= 15 is 0 Å². The topological polar surface area (TPSA) is 64.3 Å². The highest BCUT2D eigenvalue weighted by atomic mass is 16.5. The van der Waals surface area contributed by atoms with Gasteiger partial charge in [0.15, 0.2) is 0 Å². The Morgan fingerprint density at radius 2 is 1.94 bits per heavy atom. The Morgan fingerprint density at radius 1 is 1.28 bits per heavy atom. The molecule has 0 spiro atoms. The summed E-state index contributed by atoms with van der Waals surface area (Å²) >= 11 is 0. The lowest BCUT2D eigenvalue weighted by molar-refractivity contribution is -0.126. The van der Waals surface area contributed by atoms with E-state index in [1.54, 1.807) is 0 Å². The molecule has 0 heterocycles. The molecule has 0 radical (unpaired) electrons. The molecule has 0 aromatic rings. The summed E-state index contributed by atoms with van der Waals surface area (Å²) in [7, 11) is 0. The molecule has 0 aliphatic heterocycles. The van der Waals surface area contributed by atoms with Gasteiger partial charge in [-0.2, -0.15) is 0 Å². The zero-order chi connectivity index (χ0) is 13.3. The van der Waals surface area contributed by atoms with Crippen molar-refractivity contribution in [1.29, 1.82) is 0 Å². The monoisotopic (exact) mass is 256 g/mol. The van der Waals surface area contributed by atoms with Crippen LogP contribution >= 0.6 is 0 Å². The minimum Gasteiger partial charge on any atom is -0.370 e. The molecule has 0 bridgehead atoms. The summed E-state index contributed by atoms with van der Waals surface area (Å²) in [4.78, 5) is 11.5. The lowest BCUT2D eigenvalue weighted by Crippen LogP contribution is -2.45. The van der Waals surface area contributed by atoms with Crippen LogP contribution in [0.25, 0.3) is 0 Å². The molecule has 1 aliphatic rings. The van der Waals surface area contributed by atoms with Gasteiger partial charge < -0.3 is 15.8 Å². The summed E-state index contributed by atoms with van der Waals surface area (Å²) in [6.07, 6.45) is 9.06. The average molecular weight is 256 g/mol. The average Bonchev–Trinajstić information content (AvgIpc) is 2.55. The van der Waals surface area contributed by atoms with Crippen LogP contribution in [-0.4, -0.2) is 31.2 Å².